The van der Waals surface area contributed by atoms with Crippen LogP contribution in [0.4, 0.5) is 0 Å². The lowest BCUT2D eigenvalue weighted by molar-refractivity contribution is 0.0783. The molecule has 222 valence electrons. The van der Waals surface area contributed by atoms with Crippen molar-refractivity contribution in [2.24, 2.45) is 0 Å². The molecule has 5 rings (SSSR count). The van der Waals surface area contributed by atoms with E-state index in [2.05, 4.69) is 17.0 Å². The van der Waals surface area contributed by atoms with Crippen molar-refractivity contribution in [3.8, 4) is 6.07 Å². The lowest BCUT2D eigenvalue weighted by Gasteiger charge is -2.34. The van der Waals surface area contributed by atoms with E-state index in [-0.39, 0.29) is 11.8 Å². The van der Waals surface area contributed by atoms with Crippen LogP contribution >= 0.6 is 23.2 Å². The molecule has 5 nitrogen and oxygen atoms in total. The van der Waals surface area contributed by atoms with Crippen molar-refractivity contribution in [1.29, 1.82) is 5.26 Å². The maximum Gasteiger partial charge on any atom is 0.254 e. The molecule has 0 spiro atoms. The van der Waals surface area contributed by atoms with Crippen LogP contribution in [0.15, 0.2) is 83.8 Å². The Morgan fingerprint density at radius 2 is 1.79 bits per heavy atom. The quantitative estimate of drug-likeness (QED) is 0.188. The Balaban J connectivity index is 1.29. The molecule has 1 aliphatic heterocycles. The van der Waals surface area contributed by atoms with Gasteiger partial charge < -0.3 is 9.80 Å². The van der Waals surface area contributed by atoms with Crippen molar-refractivity contribution >= 4 is 50.7 Å². The average Bonchev–Trinajstić information content (AvgIpc) is 3.03. The first kappa shape index (κ1) is 31.2. The molecular formula is C35H35Cl2N3O2S. The number of rotatable bonds is 9. The van der Waals surface area contributed by atoms with Gasteiger partial charge in [-0.15, -0.1) is 0 Å². The highest BCUT2D eigenvalue weighted by Crippen LogP contribution is 2.33. The number of halogens is 2. The van der Waals surface area contributed by atoms with E-state index in [4.69, 9.17) is 23.2 Å². The van der Waals surface area contributed by atoms with E-state index < -0.39 is 10.8 Å². The van der Waals surface area contributed by atoms with Gasteiger partial charge in [0.25, 0.3) is 5.91 Å². The van der Waals surface area contributed by atoms with Crippen molar-refractivity contribution < 1.29 is 9.00 Å². The number of hydrogen-bond donors (Lipinski definition) is 0. The molecule has 1 saturated heterocycles. The zero-order valence-corrected chi connectivity index (χ0v) is 26.8. The molecule has 0 radical (unpaired) electrons. The predicted molar refractivity (Wildman–Crippen MR) is 177 cm³/mol. The summed E-state index contributed by atoms with van der Waals surface area (Å²) in [7, 11) is 0.846. The van der Waals surface area contributed by atoms with Crippen molar-refractivity contribution in [1.82, 2.24) is 9.80 Å². The summed E-state index contributed by atoms with van der Waals surface area (Å²) in [6.07, 6.45) is 4.66. The Labute approximate surface area is 266 Å². The zero-order chi connectivity index (χ0) is 30.5. The molecular weight excluding hydrogens is 597 g/mol. The molecule has 1 aliphatic rings. The van der Waals surface area contributed by atoms with Crippen LogP contribution in [-0.2, 0) is 10.8 Å². The van der Waals surface area contributed by atoms with Crippen LogP contribution in [-0.4, -0.2) is 59.4 Å². The molecule has 0 aliphatic carbocycles. The first-order valence-electron chi connectivity index (χ1n) is 14.5. The number of likely N-dealkylation sites (tertiary alicyclic amines) is 1. The third-order valence-electron chi connectivity index (χ3n) is 8.55. The maximum atomic E-state index is 13.7. The van der Waals surface area contributed by atoms with E-state index >= 15 is 0 Å². The monoisotopic (exact) mass is 631 g/mol. The van der Waals surface area contributed by atoms with Gasteiger partial charge in [0.15, 0.2) is 0 Å². The fourth-order valence-electron chi connectivity index (χ4n) is 6.17. The first-order valence-corrected chi connectivity index (χ1v) is 16.8. The lowest BCUT2D eigenvalue weighted by Crippen LogP contribution is -2.36. The SMILES string of the molecule is CN(C[C@@H](CCN1CCC(c2ccccc2S(C)=O)CC1)c1ccc(Cl)c(Cl)c1)C(=O)c1cccc2cc(C#N)ccc12. The molecule has 0 bridgehead atoms. The normalized spacial score (nSPS) is 15.6. The minimum atomic E-state index is -0.998. The average molecular weight is 633 g/mol. The second-order valence-electron chi connectivity index (χ2n) is 11.3. The van der Waals surface area contributed by atoms with Crippen molar-refractivity contribution in [3.63, 3.8) is 0 Å². The highest BCUT2D eigenvalue weighted by atomic mass is 35.5. The molecule has 0 N–H and O–H groups in total. The van der Waals surface area contributed by atoms with Crippen molar-refractivity contribution in [2.45, 2.75) is 36.0 Å². The molecule has 43 heavy (non-hydrogen) atoms. The van der Waals surface area contributed by atoms with Gasteiger partial charge in [0, 0.05) is 36.2 Å². The van der Waals surface area contributed by atoms with Crippen LogP contribution in [0.25, 0.3) is 10.8 Å². The fraction of sp³-hybridized carbons (Fsp3) is 0.314. The number of nitriles is 1. The number of nitrogens with zero attached hydrogens (tertiary/aromatic N) is 3. The number of likely N-dealkylation sites (N-methyl/N-ethyl adjacent to an activating group) is 1. The summed E-state index contributed by atoms with van der Waals surface area (Å²) < 4.78 is 12.3. The van der Waals surface area contributed by atoms with E-state index in [0.717, 1.165) is 60.1 Å². The summed E-state index contributed by atoms with van der Waals surface area (Å²) in [5.74, 6) is 0.411. The van der Waals surface area contributed by atoms with Gasteiger partial charge in [-0.1, -0.05) is 65.7 Å². The van der Waals surface area contributed by atoms with E-state index in [1.54, 1.807) is 17.2 Å². The Bertz CT molecular complexity index is 1690. The highest BCUT2D eigenvalue weighted by Gasteiger charge is 2.26. The third kappa shape index (κ3) is 7.30. The van der Waals surface area contributed by atoms with Crippen molar-refractivity contribution in [2.75, 3.05) is 39.5 Å². The number of carbonyl (C=O) groups is 1. The first-order chi connectivity index (χ1) is 20.7. The molecule has 0 aromatic heterocycles. The number of amides is 1. The number of hydrogen-bond acceptors (Lipinski definition) is 4. The summed E-state index contributed by atoms with van der Waals surface area (Å²) in [5, 5.41) is 12.0. The standard InChI is InChI=1S/C35H35Cl2N3O2S/c1-39(35(41)31-8-5-6-27-20-24(22-38)10-12-29(27)31)23-28(26-11-13-32(36)33(37)21-26)16-19-40-17-14-25(15-18-40)30-7-3-4-9-34(30)43(2)42/h3-13,20-21,25,28H,14-19,23H2,1-2H3/t28-,43?/m1/s1. The minimum absolute atomic E-state index is 0.0600. The van der Waals surface area contributed by atoms with Gasteiger partial charge in [0.2, 0.25) is 0 Å². The number of carbonyl (C=O) groups excluding carboxylic acids is 1. The van der Waals surface area contributed by atoms with Crippen LogP contribution in [0.3, 0.4) is 0 Å². The van der Waals surface area contributed by atoms with Gasteiger partial charge >= 0.3 is 0 Å². The smallest absolute Gasteiger partial charge is 0.254 e. The Morgan fingerprint density at radius 3 is 2.51 bits per heavy atom. The number of benzene rings is 4. The number of fused-ring (bicyclic) bond motifs is 1. The van der Waals surface area contributed by atoms with E-state index in [9.17, 15) is 14.3 Å². The topological polar surface area (TPSA) is 64.4 Å². The Morgan fingerprint density at radius 1 is 1.02 bits per heavy atom. The lowest BCUT2D eigenvalue weighted by atomic mass is 9.88. The molecule has 4 aromatic carbocycles. The van der Waals surface area contributed by atoms with Crippen LogP contribution in [0.1, 0.15) is 58.1 Å². The Kier molecular flexibility index (Phi) is 10.2. The molecule has 0 saturated carbocycles. The van der Waals surface area contributed by atoms with Gasteiger partial charge in [0.05, 0.1) is 32.5 Å². The summed E-state index contributed by atoms with van der Waals surface area (Å²) in [5.41, 5.74) is 3.46. The summed E-state index contributed by atoms with van der Waals surface area (Å²) in [4.78, 5) is 19.0. The predicted octanol–water partition coefficient (Wildman–Crippen LogP) is 7.88. The molecule has 8 heteroatoms. The van der Waals surface area contributed by atoms with E-state index in [0.29, 0.717) is 33.6 Å². The maximum absolute atomic E-state index is 13.7. The van der Waals surface area contributed by atoms with Gasteiger partial charge in [-0.2, -0.15) is 5.26 Å². The zero-order valence-electron chi connectivity index (χ0n) is 24.4. The van der Waals surface area contributed by atoms with Crippen LogP contribution in [0.5, 0.6) is 0 Å². The van der Waals surface area contributed by atoms with Gasteiger partial charge in [-0.25, -0.2) is 0 Å². The molecule has 1 amide bonds. The minimum Gasteiger partial charge on any atom is -0.341 e. The Hall–Kier alpha value is -3.21. The van der Waals surface area contributed by atoms with E-state index in [1.165, 1.54) is 5.56 Å². The number of piperidine rings is 1. The molecule has 4 aromatic rings. The summed E-state index contributed by atoms with van der Waals surface area (Å²) in [6, 6.07) is 27.1. The van der Waals surface area contributed by atoms with Gasteiger partial charge in [-0.05, 0) is 103 Å². The van der Waals surface area contributed by atoms with Crippen molar-refractivity contribution in [3.05, 3.63) is 111 Å². The van der Waals surface area contributed by atoms with Gasteiger partial charge in [0.1, 0.15) is 0 Å². The molecule has 1 heterocycles. The third-order valence-corrected chi connectivity index (χ3v) is 10.3. The second kappa shape index (κ2) is 14.1. The van der Waals surface area contributed by atoms with Crippen LogP contribution in [0.2, 0.25) is 10.0 Å². The summed E-state index contributed by atoms with van der Waals surface area (Å²) >= 11 is 12.7. The molecule has 1 fully saturated rings. The fourth-order valence-corrected chi connectivity index (χ4v) is 7.32. The molecule has 2 atom stereocenters. The molecule has 1 unspecified atom stereocenters. The summed E-state index contributed by atoms with van der Waals surface area (Å²) in [6.45, 7) is 3.36. The van der Waals surface area contributed by atoms with E-state index in [1.807, 2.05) is 73.8 Å². The largest absolute Gasteiger partial charge is 0.341 e. The van der Waals surface area contributed by atoms with Gasteiger partial charge in [-0.3, -0.25) is 9.00 Å². The second-order valence-corrected chi connectivity index (χ2v) is 13.5. The van der Waals surface area contributed by atoms with Crippen LogP contribution < -0.4 is 0 Å². The highest BCUT2D eigenvalue weighted by molar-refractivity contribution is 7.84. The van der Waals surface area contributed by atoms with Crippen LogP contribution in [0, 0.1) is 11.3 Å².